The maximum atomic E-state index is 12.2. The Labute approximate surface area is 175 Å². The van der Waals surface area contributed by atoms with Crippen LogP contribution in [-0.4, -0.2) is 29.1 Å². The molecule has 0 aliphatic heterocycles. The van der Waals surface area contributed by atoms with Gasteiger partial charge in [0.2, 0.25) is 5.91 Å². The molecule has 2 aromatic carbocycles. The molecular weight excluding hydrogens is 421 g/mol. The van der Waals surface area contributed by atoms with Crippen molar-refractivity contribution in [1.29, 1.82) is 0 Å². The van der Waals surface area contributed by atoms with Crippen LogP contribution >= 0.6 is 23.2 Å². The quantitative estimate of drug-likeness (QED) is 0.560. The molecule has 0 bridgehead atoms. The van der Waals surface area contributed by atoms with Crippen molar-refractivity contribution in [2.24, 2.45) is 0 Å². The topological polar surface area (TPSA) is 104 Å². The summed E-state index contributed by atoms with van der Waals surface area (Å²) >= 11 is 11.9. The maximum absolute atomic E-state index is 12.2. The number of amides is 1. The van der Waals surface area contributed by atoms with Crippen LogP contribution in [0.3, 0.4) is 0 Å². The highest BCUT2D eigenvalue weighted by Crippen LogP contribution is 2.25. The minimum atomic E-state index is -0.728. The van der Waals surface area contributed by atoms with Crippen molar-refractivity contribution in [3.05, 3.63) is 69.8 Å². The van der Waals surface area contributed by atoms with Gasteiger partial charge in [0.15, 0.2) is 12.4 Å². The molecule has 0 aliphatic carbocycles. The van der Waals surface area contributed by atoms with Crippen molar-refractivity contribution in [2.75, 3.05) is 12.4 Å². The molecule has 1 N–H and O–H groups in total. The van der Waals surface area contributed by atoms with E-state index in [2.05, 4.69) is 15.5 Å². The molecule has 0 fully saturated rings. The Morgan fingerprint density at radius 1 is 1.10 bits per heavy atom. The fourth-order valence-corrected chi connectivity index (χ4v) is 2.95. The zero-order valence-electron chi connectivity index (χ0n) is 15.1. The summed E-state index contributed by atoms with van der Waals surface area (Å²) in [6, 6.07) is 11.6. The number of esters is 1. The average molecular weight is 436 g/mol. The third kappa shape index (κ3) is 5.24. The molecule has 0 spiro atoms. The van der Waals surface area contributed by atoms with Gasteiger partial charge in [-0.05, 0) is 24.3 Å². The van der Waals surface area contributed by atoms with E-state index in [9.17, 15) is 9.59 Å². The van der Waals surface area contributed by atoms with Crippen molar-refractivity contribution in [3.63, 3.8) is 0 Å². The third-order valence-electron chi connectivity index (χ3n) is 3.70. The Balaban J connectivity index is 1.57. The van der Waals surface area contributed by atoms with E-state index in [1.807, 2.05) is 0 Å². The molecule has 10 heteroatoms. The van der Waals surface area contributed by atoms with E-state index < -0.39 is 5.97 Å². The van der Waals surface area contributed by atoms with Gasteiger partial charge in [-0.3, -0.25) is 4.79 Å². The fraction of sp³-hybridized carbons (Fsp3) is 0.158. The first-order valence-corrected chi connectivity index (χ1v) is 9.09. The first kappa shape index (κ1) is 20.6. The van der Waals surface area contributed by atoms with Gasteiger partial charge in [-0.25, -0.2) is 4.79 Å². The van der Waals surface area contributed by atoms with Crippen LogP contribution in [0, 0.1) is 0 Å². The summed E-state index contributed by atoms with van der Waals surface area (Å²) in [6.45, 7) is -0.290. The molecule has 1 amide bonds. The third-order valence-corrected chi connectivity index (χ3v) is 4.33. The Kier molecular flexibility index (Phi) is 6.69. The van der Waals surface area contributed by atoms with E-state index in [4.69, 9.17) is 37.2 Å². The van der Waals surface area contributed by atoms with Crippen LogP contribution in [0.1, 0.15) is 22.1 Å². The summed E-state index contributed by atoms with van der Waals surface area (Å²) in [4.78, 5) is 28.4. The van der Waals surface area contributed by atoms with Gasteiger partial charge in [0.05, 0.1) is 34.8 Å². The molecule has 1 aromatic heterocycles. The second-order valence-corrected chi connectivity index (χ2v) is 6.52. The number of methoxy groups -OCH3 is 1. The van der Waals surface area contributed by atoms with Crippen LogP contribution in [0.2, 0.25) is 10.0 Å². The van der Waals surface area contributed by atoms with E-state index >= 15 is 0 Å². The Bertz CT molecular complexity index is 1020. The first-order valence-electron chi connectivity index (χ1n) is 8.33. The first-order chi connectivity index (χ1) is 14.0. The van der Waals surface area contributed by atoms with Crippen molar-refractivity contribution in [1.82, 2.24) is 10.1 Å². The Hall–Kier alpha value is -3.10. The lowest BCUT2D eigenvalue weighted by Gasteiger charge is -2.08. The van der Waals surface area contributed by atoms with Crippen LogP contribution < -0.4 is 10.1 Å². The van der Waals surface area contributed by atoms with Crippen LogP contribution in [0.5, 0.6) is 5.75 Å². The molecule has 3 rings (SSSR count). The second-order valence-electron chi connectivity index (χ2n) is 5.70. The molecule has 0 aliphatic rings. The number of nitrogens with one attached hydrogen (secondary N) is 1. The normalized spacial score (nSPS) is 10.4. The summed E-state index contributed by atoms with van der Waals surface area (Å²) in [5.41, 5.74) is 0.570. The van der Waals surface area contributed by atoms with E-state index in [0.717, 1.165) is 0 Å². The SMILES string of the molecule is COc1ccccc1NC(=O)Cc1noc(COC(=O)c2c(Cl)cccc2Cl)n1. The van der Waals surface area contributed by atoms with Gasteiger partial charge in [0.25, 0.3) is 5.89 Å². The van der Waals surface area contributed by atoms with Gasteiger partial charge in [0, 0.05) is 0 Å². The molecule has 8 nitrogen and oxygen atoms in total. The van der Waals surface area contributed by atoms with Crippen LogP contribution in [0.25, 0.3) is 0 Å². The fourth-order valence-electron chi connectivity index (χ4n) is 2.40. The lowest BCUT2D eigenvalue weighted by atomic mass is 10.2. The van der Waals surface area contributed by atoms with Gasteiger partial charge >= 0.3 is 5.97 Å². The zero-order chi connectivity index (χ0) is 20.8. The van der Waals surface area contributed by atoms with Crippen molar-refractivity contribution in [2.45, 2.75) is 13.0 Å². The standard InChI is InChI=1S/C19H15Cl2N3O5/c1-27-14-8-3-2-7-13(14)22-16(25)9-15-23-17(29-24-15)10-28-19(26)18-11(20)5-4-6-12(18)21/h2-8H,9-10H2,1H3,(H,22,25). The van der Waals surface area contributed by atoms with Crippen LogP contribution in [-0.2, 0) is 22.6 Å². The number of ether oxygens (including phenoxy) is 2. The number of benzene rings is 2. The number of para-hydroxylation sites is 2. The van der Waals surface area contributed by atoms with Crippen molar-refractivity contribution < 1.29 is 23.6 Å². The number of aromatic nitrogens is 2. The summed E-state index contributed by atoms with van der Waals surface area (Å²) < 4.78 is 15.3. The van der Waals surface area contributed by atoms with Crippen molar-refractivity contribution in [3.8, 4) is 5.75 Å². The minimum absolute atomic E-state index is 0.0293. The number of rotatable bonds is 7. The molecule has 150 valence electrons. The van der Waals surface area contributed by atoms with Crippen LogP contribution in [0.15, 0.2) is 47.0 Å². The number of hydrogen-bond acceptors (Lipinski definition) is 7. The summed E-state index contributed by atoms with van der Waals surface area (Å²) in [7, 11) is 1.51. The molecular formula is C19H15Cl2N3O5. The monoisotopic (exact) mass is 435 g/mol. The van der Waals surface area contributed by atoms with E-state index in [0.29, 0.717) is 11.4 Å². The Morgan fingerprint density at radius 3 is 2.55 bits per heavy atom. The molecule has 0 saturated carbocycles. The Morgan fingerprint density at radius 2 is 1.83 bits per heavy atom. The molecule has 3 aromatic rings. The van der Waals surface area contributed by atoms with Gasteiger partial charge in [-0.15, -0.1) is 0 Å². The van der Waals surface area contributed by atoms with Gasteiger partial charge in [-0.2, -0.15) is 4.98 Å². The van der Waals surface area contributed by atoms with Gasteiger partial charge in [-0.1, -0.05) is 46.6 Å². The number of carbonyl (C=O) groups excluding carboxylic acids is 2. The zero-order valence-corrected chi connectivity index (χ0v) is 16.7. The van der Waals surface area contributed by atoms with Gasteiger partial charge in [0.1, 0.15) is 5.75 Å². The minimum Gasteiger partial charge on any atom is -0.495 e. The largest absolute Gasteiger partial charge is 0.495 e. The highest BCUT2D eigenvalue weighted by molar-refractivity contribution is 6.39. The number of halogens is 2. The average Bonchev–Trinajstić information content (AvgIpc) is 3.13. The van der Waals surface area contributed by atoms with Gasteiger partial charge < -0.3 is 19.3 Å². The van der Waals surface area contributed by atoms with E-state index in [-0.39, 0.29) is 46.3 Å². The molecule has 0 saturated heterocycles. The van der Waals surface area contributed by atoms with Crippen LogP contribution in [0.4, 0.5) is 5.69 Å². The predicted molar refractivity (Wildman–Crippen MR) is 105 cm³/mol. The summed E-state index contributed by atoms with van der Waals surface area (Å²) in [5, 5.41) is 6.74. The van der Waals surface area contributed by atoms with Crippen molar-refractivity contribution >= 4 is 40.8 Å². The summed E-state index contributed by atoms with van der Waals surface area (Å²) in [5.74, 6) is -0.392. The number of carbonyl (C=O) groups is 2. The lowest BCUT2D eigenvalue weighted by Crippen LogP contribution is -2.15. The molecule has 29 heavy (non-hydrogen) atoms. The molecule has 0 unspecified atom stereocenters. The maximum Gasteiger partial charge on any atom is 0.341 e. The molecule has 1 heterocycles. The highest BCUT2D eigenvalue weighted by Gasteiger charge is 2.18. The molecule has 0 radical (unpaired) electrons. The lowest BCUT2D eigenvalue weighted by molar-refractivity contribution is -0.115. The number of anilines is 1. The smallest absolute Gasteiger partial charge is 0.341 e. The number of hydrogen-bond donors (Lipinski definition) is 1. The second kappa shape index (κ2) is 9.40. The summed E-state index contributed by atoms with van der Waals surface area (Å²) in [6.07, 6.45) is -0.133. The predicted octanol–water partition coefficient (Wildman–Crippen LogP) is 3.92. The van der Waals surface area contributed by atoms with E-state index in [1.54, 1.807) is 30.3 Å². The molecule has 0 atom stereocenters. The van der Waals surface area contributed by atoms with E-state index in [1.165, 1.54) is 19.2 Å². The number of nitrogens with zero attached hydrogens (tertiary/aromatic N) is 2. The highest BCUT2D eigenvalue weighted by atomic mass is 35.5.